The predicted octanol–water partition coefficient (Wildman–Crippen LogP) is 4.03. The molecule has 27 heavy (non-hydrogen) atoms. The van der Waals surface area contributed by atoms with Crippen LogP contribution in [0.15, 0.2) is 65.9 Å². The van der Waals surface area contributed by atoms with Gasteiger partial charge in [-0.15, -0.1) is 0 Å². The van der Waals surface area contributed by atoms with Crippen molar-refractivity contribution in [1.82, 2.24) is 10.2 Å². The monoisotopic (exact) mass is 362 g/mol. The van der Waals surface area contributed by atoms with Gasteiger partial charge in [-0.05, 0) is 36.5 Å². The van der Waals surface area contributed by atoms with Crippen LogP contribution in [0.4, 0.5) is 4.79 Å². The molecule has 0 unspecified atom stereocenters. The average molecular weight is 362 g/mol. The molecule has 1 aliphatic heterocycles. The number of urea groups is 1. The maximum Gasteiger partial charge on any atom is 0.337 e. The molecule has 0 aromatic heterocycles. The van der Waals surface area contributed by atoms with Crippen LogP contribution in [0.3, 0.4) is 0 Å². The summed E-state index contributed by atoms with van der Waals surface area (Å²) in [5.41, 5.74) is 4.25. The molecule has 1 saturated carbocycles. The largest absolute Gasteiger partial charge is 0.466 e. The van der Waals surface area contributed by atoms with Crippen LogP contribution in [0.1, 0.15) is 31.4 Å². The van der Waals surface area contributed by atoms with Crippen molar-refractivity contribution in [2.24, 2.45) is 0 Å². The van der Waals surface area contributed by atoms with E-state index in [1.54, 1.807) is 4.90 Å². The number of nitrogens with zero attached hydrogens (tertiary/aromatic N) is 1. The van der Waals surface area contributed by atoms with Crippen molar-refractivity contribution in [3.8, 4) is 11.1 Å². The van der Waals surface area contributed by atoms with Gasteiger partial charge in [-0.2, -0.15) is 0 Å². The van der Waals surface area contributed by atoms with Gasteiger partial charge in [0, 0.05) is 11.7 Å². The van der Waals surface area contributed by atoms with Crippen molar-refractivity contribution in [2.75, 3.05) is 7.11 Å². The number of methoxy groups -OCH3 is 1. The molecule has 1 aliphatic carbocycles. The molecule has 4 rings (SSSR count). The fourth-order valence-corrected chi connectivity index (χ4v) is 3.65. The summed E-state index contributed by atoms with van der Waals surface area (Å²) in [5, 5.41) is 2.99. The lowest BCUT2D eigenvalue weighted by molar-refractivity contribution is -0.136. The number of hydrogen-bond acceptors (Lipinski definition) is 3. The van der Waals surface area contributed by atoms with Crippen molar-refractivity contribution >= 4 is 12.0 Å². The summed E-state index contributed by atoms with van der Waals surface area (Å²) < 4.78 is 5.01. The molecule has 1 atom stereocenters. The summed E-state index contributed by atoms with van der Waals surface area (Å²) in [5.74, 6) is -0.407. The summed E-state index contributed by atoms with van der Waals surface area (Å²) in [6.07, 6.45) is 1.94. The second-order valence-electron chi connectivity index (χ2n) is 6.96. The molecule has 1 fully saturated rings. The maximum absolute atomic E-state index is 12.6. The minimum absolute atomic E-state index is 0.153. The summed E-state index contributed by atoms with van der Waals surface area (Å²) in [6.45, 7) is 1.83. The first kappa shape index (κ1) is 17.3. The average Bonchev–Trinajstić information content (AvgIpc) is 3.53. The number of carbonyl (C=O) groups is 2. The highest BCUT2D eigenvalue weighted by Gasteiger charge is 2.42. The Bertz CT molecular complexity index is 899. The Morgan fingerprint density at radius 1 is 1.04 bits per heavy atom. The lowest BCUT2D eigenvalue weighted by Gasteiger charge is -2.35. The van der Waals surface area contributed by atoms with Gasteiger partial charge in [0.15, 0.2) is 0 Å². The van der Waals surface area contributed by atoms with Gasteiger partial charge in [0.1, 0.15) is 0 Å². The smallest absolute Gasteiger partial charge is 0.337 e. The van der Waals surface area contributed by atoms with Gasteiger partial charge in [0.2, 0.25) is 0 Å². The van der Waals surface area contributed by atoms with Crippen LogP contribution in [0, 0.1) is 0 Å². The summed E-state index contributed by atoms with van der Waals surface area (Å²) in [7, 11) is 1.37. The van der Waals surface area contributed by atoms with E-state index in [0.29, 0.717) is 11.3 Å². The number of rotatable bonds is 4. The molecular formula is C22H22N2O3. The maximum atomic E-state index is 12.6. The van der Waals surface area contributed by atoms with Crippen molar-refractivity contribution in [1.29, 1.82) is 0 Å². The standard InChI is InChI=1S/C22H22N2O3/c1-14-19(21(25)27-2)20(23-22(26)24(14)18-12-13-18)17-10-8-16(9-11-17)15-6-4-3-5-7-15/h3-11,18,20H,12-13H2,1-2H3,(H,23,26)/t20-/m1/s1. The molecule has 1 N–H and O–H groups in total. The van der Waals surface area contributed by atoms with Gasteiger partial charge in [0.05, 0.1) is 18.7 Å². The lowest BCUT2D eigenvalue weighted by atomic mass is 9.93. The molecule has 0 bridgehead atoms. The molecule has 138 valence electrons. The highest BCUT2D eigenvalue weighted by atomic mass is 16.5. The number of carbonyl (C=O) groups excluding carboxylic acids is 2. The molecule has 2 aromatic rings. The second-order valence-corrected chi connectivity index (χ2v) is 6.96. The molecule has 5 nitrogen and oxygen atoms in total. The highest BCUT2D eigenvalue weighted by molar-refractivity contribution is 5.95. The predicted molar refractivity (Wildman–Crippen MR) is 103 cm³/mol. The first-order valence-corrected chi connectivity index (χ1v) is 9.14. The molecule has 0 radical (unpaired) electrons. The first-order chi connectivity index (χ1) is 13.1. The van der Waals surface area contributed by atoms with E-state index >= 15 is 0 Å². The molecule has 0 spiro atoms. The fraction of sp³-hybridized carbons (Fsp3) is 0.273. The molecule has 2 amide bonds. The van der Waals surface area contributed by atoms with Crippen molar-refractivity contribution < 1.29 is 14.3 Å². The lowest BCUT2D eigenvalue weighted by Crippen LogP contribution is -2.48. The second kappa shape index (κ2) is 6.91. The van der Waals surface area contributed by atoms with Crippen LogP contribution < -0.4 is 5.32 Å². The molecule has 0 saturated heterocycles. The van der Waals surface area contributed by atoms with E-state index in [2.05, 4.69) is 17.4 Å². The van der Waals surface area contributed by atoms with Gasteiger partial charge in [0.25, 0.3) is 0 Å². The third-order valence-corrected chi connectivity index (χ3v) is 5.19. The minimum atomic E-state index is -0.509. The third-order valence-electron chi connectivity index (χ3n) is 5.19. The zero-order valence-electron chi connectivity index (χ0n) is 15.4. The molecule has 2 aliphatic rings. The number of esters is 1. The van der Waals surface area contributed by atoms with E-state index < -0.39 is 12.0 Å². The SMILES string of the molecule is COC(=O)C1=C(C)N(C2CC2)C(=O)N[C@@H]1c1ccc(-c2ccccc2)cc1. The van der Waals surface area contributed by atoms with Crippen LogP contribution in [0.25, 0.3) is 11.1 Å². The van der Waals surface area contributed by atoms with Gasteiger partial charge >= 0.3 is 12.0 Å². The summed E-state index contributed by atoms with van der Waals surface area (Å²) in [6, 6.07) is 17.5. The van der Waals surface area contributed by atoms with Crippen LogP contribution in [-0.4, -0.2) is 30.1 Å². The normalized spacial score (nSPS) is 19.7. The van der Waals surface area contributed by atoms with Gasteiger partial charge < -0.3 is 10.1 Å². The van der Waals surface area contributed by atoms with Crippen LogP contribution in [0.5, 0.6) is 0 Å². The van der Waals surface area contributed by atoms with Crippen molar-refractivity contribution in [3.05, 3.63) is 71.4 Å². The van der Waals surface area contributed by atoms with Crippen molar-refractivity contribution in [2.45, 2.75) is 31.8 Å². The van der Waals surface area contributed by atoms with E-state index in [0.717, 1.165) is 29.5 Å². The van der Waals surface area contributed by atoms with Gasteiger partial charge in [-0.1, -0.05) is 54.6 Å². The molecule has 2 aromatic carbocycles. The van der Waals surface area contributed by atoms with Crippen LogP contribution in [-0.2, 0) is 9.53 Å². The van der Waals surface area contributed by atoms with Gasteiger partial charge in [-0.25, -0.2) is 9.59 Å². The molecular weight excluding hydrogens is 340 g/mol. The zero-order chi connectivity index (χ0) is 19.0. The Morgan fingerprint density at radius 2 is 1.67 bits per heavy atom. The van der Waals surface area contributed by atoms with E-state index in [1.165, 1.54) is 7.11 Å². The number of ether oxygens (including phenoxy) is 1. The van der Waals surface area contributed by atoms with E-state index in [-0.39, 0.29) is 12.1 Å². The van der Waals surface area contributed by atoms with Gasteiger partial charge in [-0.3, -0.25) is 4.90 Å². The Hall–Kier alpha value is -3.08. The number of benzene rings is 2. The quantitative estimate of drug-likeness (QED) is 0.836. The van der Waals surface area contributed by atoms with E-state index in [9.17, 15) is 9.59 Å². The van der Waals surface area contributed by atoms with Crippen LogP contribution >= 0.6 is 0 Å². The Labute approximate surface area is 158 Å². The summed E-state index contributed by atoms with van der Waals surface area (Å²) in [4.78, 5) is 26.8. The topological polar surface area (TPSA) is 58.6 Å². The minimum Gasteiger partial charge on any atom is -0.466 e. The number of allylic oxidation sites excluding steroid dienone is 1. The Morgan fingerprint density at radius 3 is 2.26 bits per heavy atom. The summed E-state index contributed by atoms with van der Waals surface area (Å²) >= 11 is 0. The van der Waals surface area contributed by atoms with E-state index in [1.807, 2.05) is 49.4 Å². The number of nitrogens with one attached hydrogen (secondary N) is 1. The van der Waals surface area contributed by atoms with Crippen LogP contribution in [0.2, 0.25) is 0 Å². The van der Waals surface area contributed by atoms with Crippen molar-refractivity contribution in [3.63, 3.8) is 0 Å². The van der Waals surface area contributed by atoms with E-state index in [4.69, 9.17) is 4.74 Å². The Balaban J connectivity index is 1.71. The Kier molecular flexibility index (Phi) is 4.44. The number of amides is 2. The highest BCUT2D eigenvalue weighted by Crippen LogP contribution is 2.38. The first-order valence-electron chi connectivity index (χ1n) is 9.14. The third kappa shape index (κ3) is 3.21. The fourth-order valence-electron chi connectivity index (χ4n) is 3.65. The molecule has 1 heterocycles. The molecule has 5 heteroatoms. The zero-order valence-corrected chi connectivity index (χ0v) is 15.4. The number of hydrogen-bond donors (Lipinski definition) is 1.